The van der Waals surface area contributed by atoms with Crippen molar-refractivity contribution in [1.29, 1.82) is 0 Å². The van der Waals surface area contributed by atoms with Crippen molar-refractivity contribution in [3.05, 3.63) is 64.7 Å². The quantitative estimate of drug-likeness (QED) is 0.889. The van der Waals surface area contributed by atoms with Crippen LogP contribution in [0.25, 0.3) is 0 Å². The molecule has 4 nitrogen and oxygen atoms in total. The molecule has 1 fully saturated rings. The predicted octanol–water partition coefficient (Wildman–Crippen LogP) is 3.44. The predicted molar refractivity (Wildman–Crippen MR) is 97.8 cm³/mol. The fourth-order valence-corrected chi connectivity index (χ4v) is 3.10. The lowest BCUT2D eigenvalue weighted by Gasteiger charge is -2.32. The van der Waals surface area contributed by atoms with Gasteiger partial charge in [-0.2, -0.15) is 0 Å². The van der Waals surface area contributed by atoms with Gasteiger partial charge in [-0.3, -0.25) is 4.79 Å². The zero-order chi connectivity index (χ0) is 17.6. The van der Waals surface area contributed by atoms with Gasteiger partial charge in [0.25, 0.3) is 0 Å². The molecule has 5 heteroatoms. The number of likely N-dealkylation sites (tertiary alicyclic amines) is 1. The van der Waals surface area contributed by atoms with E-state index >= 15 is 0 Å². The average molecular weight is 360 g/mol. The Hall–Kier alpha value is -2.04. The molecule has 0 aromatic heterocycles. The van der Waals surface area contributed by atoms with Gasteiger partial charge in [-0.25, -0.2) is 0 Å². The normalized spacial score (nSPS) is 15.2. The standard InChI is InChI=1S/C20H22ClNO3/c21-17-5-7-18(8-6-17)25-19-9-11-22(12-10-19)20(24)13-15-1-3-16(14-23)4-2-15/h1-8,19,23H,9-14H2. The van der Waals surface area contributed by atoms with Gasteiger partial charge in [0.2, 0.25) is 5.91 Å². The molecule has 25 heavy (non-hydrogen) atoms. The van der Waals surface area contributed by atoms with E-state index in [9.17, 15) is 4.79 Å². The number of aliphatic hydroxyl groups excluding tert-OH is 1. The summed E-state index contributed by atoms with van der Waals surface area (Å²) in [4.78, 5) is 14.3. The molecule has 1 heterocycles. The Morgan fingerprint density at radius 1 is 1.04 bits per heavy atom. The Morgan fingerprint density at radius 3 is 2.24 bits per heavy atom. The monoisotopic (exact) mass is 359 g/mol. The number of ether oxygens (including phenoxy) is 1. The first-order valence-electron chi connectivity index (χ1n) is 8.53. The summed E-state index contributed by atoms with van der Waals surface area (Å²) in [6.07, 6.45) is 2.19. The van der Waals surface area contributed by atoms with Crippen LogP contribution < -0.4 is 4.74 Å². The summed E-state index contributed by atoms with van der Waals surface area (Å²) in [5.41, 5.74) is 1.83. The molecule has 132 valence electrons. The van der Waals surface area contributed by atoms with E-state index in [-0.39, 0.29) is 18.6 Å². The number of carbonyl (C=O) groups is 1. The number of piperidine rings is 1. The Labute approximate surface area is 153 Å². The number of aliphatic hydroxyl groups is 1. The lowest BCUT2D eigenvalue weighted by Crippen LogP contribution is -2.42. The maximum atomic E-state index is 12.4. The van der Waals surface area contributed by atoms with Crippen LogP contribution in [-0.4, -0.2) is 35.1 Å². The summed E-state index contributed by atoms with van der Waals surface area (Å²) in [7, 11) is 0. The molecule has 3 rings (SSSR count). The lowest BCUT2D eigenvalue weighted by molar-refractivity contribution is -0.132. The Kier molecular flexibility index (Phi) is 5.95. The van der Waals surface area contributed by atoms with Crippen molar-refractivity contribution in [2.45, 2.75) is 32.0 Å². The van der Waals surface area contributed by atoms with Gasteiger partial charge in [-0.1, -0.05) is 35.9 Å². The summed E-state index contributed by atoms with van der Waals surface area (Å²) in [5, 5.41) is 9.76. The fourth-order valence-electron chi connectivity index (χ4n) is 2.98. The van der Waals surface area contributed by atoms with Gasteiger partial charge < -0.3 is 14.7 Å². The van der Waals surface area contributed by atoms with E-state index < -0.39 is 0 Å². The minimum Gasteiger partial charge on any atom is -0.490 e. The van der Waals surface area contributed by atoms with E-state index in [1.807, 2.05) is 53.4 Å². The van der Waals surface area contributed by atoms with Crippen molar-refractivity contribution in [2.75, 3.05) is 13.1 Å². The summed E-state index contributed by atoms with van der Waals surface area (Å²) >= 11 is 5.88. The van der Waals surface area contributed by atoms with Crippen LogP contribution in [0.15, 0.2) is 48.5 Å². The Bertz CT molecular complexity index is 692. The van der Waals surface area contributed by atoms with Crippen molar-refractivity contribution in [2.24, 2.45) is 0 Å². The summed E-state index contributed by atoms with van der Waals surface area (Å²) in [5.74, 6) is 0.958. The first-order valence-corrected chi connectivity index (χ1v) is 8.90. The molecule has 2 aromatic rings. The van der Waals surface area contributed by atoms with Crippen molar-refractivity contribution >= 4 is 17.5 Å². The molecular formula is C20H22ClNO3. The molecule has 0 aliphatic carbocycles. The zero-order valence-corrected chi connectivity index (χ0v) is 14.8. The van der Waals surface area contributed by atoms with Crippen molar-refractivity contribution in [3.63, 3.8) is 0 Å². The molecule has 1 amide bonds. The number of hydrogen-bond donors (Lipinski definition) is 1. The fraction of sp³-hybridized carbons (Fsp3) is 0.350. The third-order valence-electron chi connectivity index (χ3n) is 4.47. The molecule has 1 aliphatic rings. The molecule has 0 radical (unpaired) electrons. The summed E-state index contributed by atoms with van der Waals surface area (Å²) < 4.78 is 5.96. The van der Waals surface area contributed by atoms with Crippen LogP contribution in [0.5, 0.6) is 5.75 Å². The van der Waals surface area contributed by atoms with E-state index in [0.717, 1.165) is 29.7 Å². The maximum Gasteiger partial charge on any atom is 0.226 e. The maximum absolute atomic E-state index is 12.4. The van der Waals surface area contributed by atoms with Crippen molar-refractivity contribution < 1.29 is 14.6 Å². The Morgan fingerprint density at radius 2 is 1.64 bits per heavy atom. The third-order valence-corrected chi connectivity index (χ3v) is 4.72. The molecule has 0 atom stereocenters. The van der Waals surface area contributed by atoms with E-state index in [4.69, 9.17) is 21.4 Å². The average Bonchev–Trinajstić information content (AvgIpc) is 2.65. The highest BCUT2D eigenvalue weighted by molar-refractivity contribution is 6.30. The highest BCUT2D eigenvalue weighted by Gasteiger charge is 2.23. The SMILES string of the molecule is O=C(Cc1ccc(CO)cc1)N1CCC(Oc2ccc(Cl)cc2)CC1. The molecule has 0 saturated carbocycles. The number of carbonyl (C=O) groups excluding carboxylic acids is 1. The van der Waals surface area contributed by atoms with Gasteiger partial charge in [-0.05, 0) is 35.4 Å². The number of hydrogen-bond acceptors (Lipinski definition) is 3. The number of halogens is 1. The third kappa shape index (κ3) is 4.97. The van der Waals surface area contributed by atoms with Gasteiger partial charge >= 0.3 is 0 Å². The van der Waals surface area contributed by atoms with Gasteiger partial charge in [0.05, 0.1) is 13.0 Å². The van der Waals surface area contributed by atoms with E-state index in [0.29, 0.717) is 24.5 Å². The van der Waals surface area contributed by atoms with Gasteiger partial charge in [0, 0.05) is 31.0 Å². The molecule has 0 unspecified atom stereocenters. The summed E-state index contributed by atoms with van der Waals surface area (Å²) in [6, 6.07) is 14.9. The topological polar surface area (TPSA) is 49.8 Å². The second kappa shape index (κ2) is 8.37. The smallest absolute Gasteiger partial charge is 0.226 e. The van der Waals surface area contributed by atoms with Crippen LogP contribution in [0.2, 0.25) is 5.02 Å². The molecular weight excluding hydrogens is 338 g/mol. The summed E-state index contributed by atoms with van der Waals surface area (Å²) in [6.45, 7) is 1.45. The molecule has 1 aliphatic heterocycles. The molecule has 1 N–H and O–H groups in total. The molecule has 0 bridgehead atoms. The van der Waals surface area contributed by atoms with Crippen molar-refractivity contribution in [1.82, 2.24) is 4.90 Å². The highest BCUT2D eigenvalue weighted by Crippen LogP contribution is 2.21. The van der Waals surface area contributed by atoms with Crippen LogP contribution >= 0.6 is 11.6 Å². The molecule has 1 saturated heterocycles. The number of amides is 1. The van der Waals surface area contributed by atoms with Gasteiger partial charge in [-0.15, -0.1) is 0 Å². The van der Waals surface area contributed by atoms with E-state index in [1.165, 1.54) is 0 Å². The second-order valence-electron chi connectivity index (χ2n) is 6.30. The van der Waals surface area contributed by atoms with E-state index in [1.54, 1.807) is 0 Å². The van der Waals surface area contributed by atoms with Crippen LogP contribution in [0.3, 0.4) is 0 Å². The zero-order valence-electron chi connectivity index (χ0n) is 14.0. The minimum atomic E-state index is 0.0232. The highest BCUT2D eigenvalue weighted by atomic mass is 35.5. The first-order chi connectivity index (χ1) is 12.1. The largest absolute Gasteiger partial charge is 0.490 e. The van der Waals surface area contributed by atoms with Crippen molar-refractivity contribution in [3.8, 4) is 5.75 Å². The van der Waals surface area contributed by atoms with Crippen LogP contribution in [0.1, 0.15) is 24.0 Å². The number of nitrogens with zero attached hydrogens (tertiary/aromatic N) is 1. The second-order valence-corrected chi connectivity index (χ2v) is 6.74. The minimum absolute atomic E-state index is 0.0232. The van der Waals surface area contributed by atoms with Crippen LogP contribution in [0.4, 0.5) is 0 Å². The van der Waals surface area contributed by atoms with E-state index in [2.05, 4.69) is 0 Å². The van der Waals surface area contributed by atoms with Crippen LogP contribution in [-0.2, 0) is 17.8 Å². The van der Waals surface area contributed by atoms with Crippen LogP contribution in [0, 0.1) is 0 Å². The number of benzene rings is 2. The lowest BCUT2D eigenvalue weighted by atomic mass is 10.0. The first kappa shape index (κ1) is 17.8. The van der Waals surface area contributed by atoms with Gasteiger partial charge in [0.1, 0.15) is 11.9 Å². The number of rotatable bonds is 5. The molecule has 2 aromatic carbocycles. The molecule has 0 spiro atoms. The van der Waals surface area contributed by atoms with Gasteiger partial charge in [0.15, 0.2) is 0 Å². The Balaban J connectivity index is 1.47.